The molecule has 1 rings (SSSR count). The number of nitrogens with zero attached hydrogens (tertiary/aromatic N) is 1. The van der Waals surface area contributed by atoms with Gasteiger partial charge in [0.15, 0.2) is 0 Å². The van der Waals surface area contributed by atoms with Gasteiger partial charge in [0.25, 0.3) is 0 Å². The Hall–Kier alpha value is -1.06. The summed E-state index contributed by atoms with van der Waals surface area (Å²) in [5.74, 6) is -0.144. The molecule has 86 valence electrons. The number of carboxylic acids is 1. The Balaban J connectivity index is 2.55. The van der Waals surface area contributed by atoms with E-state index in [2.05, 4.69) is 6.92 Å². The van der Waals surface area contributed by atoms with Gasteiger partial charge < -0.3 is 10.0 Å². The molecule has 1 fully saturated rings. The van der Waals surface area contributed by atoms with Crippen molar-refractivity contribution in [1.82, 2.24) is 4.90 Å². The van der Waals surface area contributed by atoms with Crippen LogP contribution in [0, 0.1) is 17.3 Å². The molecule has 1 aliphatic carbocycles. The molecule has 0 aromatic carbocycles. The zero-order valence-corrected chi connectivity index (χ0v) is 9.78. The fourth-order valence-electron chi connectivity index (χ4n) is 1.66. The monoisotopic (exact) mass is 213 g/mol. The topological polar surface area (TPSA) is 57.6 Å². The Morgan fingerprint density at radius 1 is 1.47 bits per heavy atom. The van der Waals surface area contributed by atoms with Crippen molar-refractivity contribution >= 4 is 11.9 Å². The second-order valence-electron chi connectivity index (χ2n) is 5.09. The number of carboxylic acid groups (broad SMARTS) is 1. The molecule has 0 spiro atoms. The lowest BCUT2D eigenvalue weighted by atomic mass is 9.92. The third-order valence-corrected chi connectivity index (χ3v) is 3.20. The third kappa shape index (κ3) is 2.49. The van der Waals surface area contributed by atoms with E-state index in [9.17, 15) is 9.59 Å². The number of amides is 1. The fraction of sp³-hybridized carbons (Fsp3) is 0.818. The van der Waals surface area contributed by atoms with Crippen LogP contribution in [0.1, 0.15) is 27.2 Å². The molecule has 0 aliphatic heterocycles. The Kier molecular flexibility index (Phi) is 3.07. The van der Waals surface area contributed by atoms with Crippen molar-refractivity contribution in [1.29, 1.82) is 0 Å². The molecule has 0 aromatic rings. The van der Waals surface area contributed by atoms with E-state index in [1.807, 2.05) is 0 Å². The first-order valence-corrected chi connectivity index (χ1v) is 5.25. The molecule has 1 aliphatic rings. The zero-order chi connectivity index (χ0) is 11.8. The Bertz CT molecular complexity index is 286. The van der Waals surface area contributed by atoms with Crippen molar-refractivity contribution < 1.29 is 14.7 Å². The van der Waals surface area contributed by atoms with Gasteiger partial charge in [0.2, 0.25) is 5.91 Å². The molecule has 1 saturated carbocycles. The zero-order valence-electron chi connectivity index (χ0n) is 9.78. The highest BCUT2D eigenvalue weighted by molar-refractivity contribution is 6.00. The van der Waals surface area contributed by atoms with Crippen molar-refractivity contribution in [3.8, 4) is 0 Å². The minimum Gasteiger partial charge on any atom is -0.480 e. The maximum Gasteiger partial charge on any atom is 0.318 e. The first kappa shape index (κ1) is 12.0. The van der Waals surface area contributed by atoms with E-state index in [1.54, 1.807) is 11.9 Å². The molecule has 0 saturated heterocycles. The summed E-state index contributed by atoms with van der Waals surface area (Å²) in [5.41, 5.74) is -1.31. The van der Waals surface area contributed by atoms with Gasteiger partial charge in [-0.2, -0.15) is 0 Å². The van der Waals surface area contributed by atoms with Gasteiger partial charge in [-0.05, 0) is 32.1 Å². The summed E-state index contributed by atoms with van der Waals surface area (Å²) in [6.07, 6.45) is 1.14. The van der Waals surface area contributed by atoms with E-state index in [-0.39, 0.29) is 5.91 Å². The summed E-state index contributed by atoms with van der Waals surface area (Å²) < 4.78 is 0. The molecule has 4 nitrogen and oxygen atoms in total. The van der Waals surface area contributed by atoms with E-state index < -0.39 is 11.4 Å². The molecule has 4 heteroatoms. The summed E-state index contributed by atoms with van der Waals surface area (Å²) in [5, 5.41) is 8.91. The standard InChI is InChI=1S/C11H19NO3/c1-7-5-8(7)6-12(4)9(13)11(2,3)10(14)15/h7-8H,5-6H2,1-4H3,(H,14,15). The number of carbonyl (C=O) groups excluding carboxylic acids is 1. The van der Waals surface area contributed by atoms with Crippen LogP contribution in [0.2, 0.25) is 0 Å². The summed E-state index contributed by atoms with van der Waals surface area (Å²) in [6, 6.07) is 0. The van der Waals surface area contributed by atoms with Crippen molar-refractivity contribution in [2.75, 3.05) is 13.6 Å². The fourth-order valence-corrected chi connectivity index (χ4v) is 1.66. The molecule has 0 radical (unpaired) electrons. The summed E-state index contributed by atoms with van der Waals surface area (Å²) in [4.78, 5) is 24.3. The smallest absolute Gasteiger partial charge is 0.318 e. The third-order valence-electron chi connectivity index (χ3n) is 3.20. The van der Waals surface area contributed by atoms with Gasteiger partial charge in [0.1, 0.15) is 5.41 Å². The highest BCUT2D eigenvalue weighted by Crippen LogP contribution is 2.38. The van der Waals surface area contributed by atoms with Gasteiger partial charge in [-0.25, -0.2) is 0 Å². The molecule has 0 bridgehead atoms. The van der Waals surface area contributed by atoms with Crippen molar-refractivity contribution in [2.45, 2.75) is 27.2 Å². The largest absolute Gasteiger partial charge is 0.480 e. The van der Waals surface area contributed by atoms with Crippen molar-refractivity contribution in [2.24, 2.45) is 17.3 Å². The lowest BCUT2D eigenvalue weighted by Gasteiger charge is -2.25. The summed E-state index contributed by atoms with van der Waals surface area (Å²) in [6.45, 7) is 5.72. The van der Waals surface area contributed by atoms with Crippen LogP contribution >= 0.6 is 0 Å². The van der Waals surface area contributed by atoms with Crippen LogP contribution in [-0.4, -0.2) is 35.5 Å². The van der Waals surface area contributed by atoms with Gasteiger partial charge in [-0.1, -0.05) is 6.92 Å². The van der Waals surface area contributed by atoms with E-state index in [1.165, 1.54) is 13.8 Å². The van der Waals surface area contributed by atoms with Gasteiger partial charge in [-0.15, -0.1) is 0 Å². The second kappa shape index (κ2) is 3.83. The van der Waals surface area contributed by atoms with Gasteiger partial charge in [0.05, 0.1) is 0 Å². The van der Waals surface area contributed by atoms with E-state index in [0.29, 0.717) is 18.4 Å². The highest BCUT2D eigenvalue weighted by atomic mass is 16.4. The SMILES string of the molecule is CC1CC1CN(C)C(=O)C(C)(C)C(=O)O. The number of hydrogen-bond acceptors (Lipinski definition) is 2. The van der Waals surface area contributed by atoms with Crippen LogP contribution in [-0.2, 0) is 9.59 Å². The number of carbonyl (C=O) groups is 2. The summed E-state index contributed by atoms with van der Waals surface area (Å²) >= 11 is 0. The first-order valence-electron chi connectivity index (χ1n) is 5.25. The van der Waals surface area contributed by atoms with Crippen LogP contribution in [0.3, 0.4) is 0 Å². The summed E-state index contributed by atoms with van der Waals surface area (Å²) in [7, 11) is 1.68. The molecule has 1 amide bonds. The van der Waals surface area contributed by atoms with Crippen molar-refractivity contribution in [3.05, 3.63) is 0 Å². The minimum atomic E-state index is -1.31. The van der Waals surface area contributed by atoms with Crippen LogP contribution in [0.5, 0.6) is 0 Å². The predicted molar refractivity (Wildman–Crippen MR) is 56.3 cm³/mol. The molecule has 0 heterocycles. The normalized spacial score (nSPS) is 24.8. The Morgan fingerprint density at radius 2 is 1.93 bits per heavy atom. The van der Waals surface area contributed by atoms with Crippen LogP contribution in [0.15, 0.2) is 0 Å². The maximum absolute atomic E-state index is 11.8. The van der Waals surface area contributed by atoms with Crippen molar-refractivity contribution in [3.63, 3.8) is 0 Å². The van der Waals surface area contributed by atoms with E-state index in [0.717, 1.165) is 6.42 Å². The molecule has 1 N–H and O–H groups in total. The average Bonchev–Trinajstić information content (AvgIpc) is 2.79. The van der Waals surface area contributed by atoms with E-state index >= 15 is 0 Å². The van der Waals surface area contributed by atoms with E-state index in [4.69, 9.17) is 5.11 Å². The van der Waals surface area contributed by atoms with Gasteiger partial charge >= 0.3 is 5.97 Å². The lowest BCUT2D eigenvalue weighted by molar-refractivity contribution is -0.157. The Labute approximate surface area is 90.3 Å². The van der Waals surface area contributed by atoms with Crippen LogP contribution in [0.25, 0.3) is 0 Å². The molecule has 2 unspecified atom stereocenters. The molecule has 2 atom stereocenters. The number of hydrogen-bond donors (Lipinski definition) is 1. The minimum absolute atomic E-state index is 0.311. The van der Waals surface area contributed by atoms with Crippen LogP contribution < -0.4 is 0 Å². The molecule has 0 aromatic heterocycles. The average molecular weight is 213 g/mol. The van der Waals surface area contributed by atoms with Crippen LogP contribution in [0.4, 0.5) is 0 Å². The number of rotatable bonds is 4. The molecular formula is C11H19NO3. The first-order chi connectivity index (χ1) is 6.76. The van der Waals surface area contributed by atoms with Gasteiger partial charge in [0, 0.05) is 13.6 Å². The quantitative estimate of drug-likeness (QED) is 0.714. The maximum atomic E-state index is 11.8. The Morgan fingerprint density at radius 3 is 2.27 bits per heavy atom. The molecule has 15 heavy (non-hydrogen) atoms. The predicted octanol–water partition coefficient (Wildman–Crippen LogP) is 1.21. The molecular weight excluding hydrogens is 194 g/mol. The second-order valence-corrected chi connectivity index (χ2v) is 5.09. The lowest BCUT2D eigenvalue weighted by Crippen LogP contribution is -2.44. The van der Waals surface area contributed by atoms with Gasteiger partial charge in [-0.3, -0.25) is 9.59 Å². The number of aliphatic carboxylic acids is 1. The highest BCUT2D eigenvalue weighted by Gasteiger charge is 2.41.